The zero-order chi connectivity index (χ0) is 13.2. The maximum atomic E-state index is 12.1. The maximum Gasteiger partial charge on any atom is 0.184 e. The lowest BCUT2D eigenvalue weighted by molar-refractivity contribution is 0.595. The summed E-state index contributed by atoms with van der Waals surface area (Å²) in [6, 6.07) is 6.07. The average molecular weight is 284 g/mol. The molecule has 1 aromatic carbocycles. The Bertz CT molecular complexity index is 634. The van der Waals surface area contributed by atoms with E-state index >= 15 is 0 Å². The lowest BCUT2D eigenvalue weighted by Crippen LogP contribution is -2.04. The Labute approximate surface area is 109 Å². The molecule has 0 bridgehead atoms. The molecule has 6 nitrogen and oxygen atoms in total. The van der Waals surface area contributed by atoms with Gasteiger partial charge in [-0.1, -0.05) is 11.3 Å². The van der Waals surface area contributed by atoms with Crippen LogP contribution in [0.4, 0.5) is 5.69 Å². The summed E-state index contributed by atoms with van der Waals surface area (Å²) in [7, 11) is -3.41. The summed E-state index contributed by atoms with van der Waals surface area (Å²) in [5.74, 6) is -0.172. The number of nitrogens with two attached hydrogens (primary N) is 2. The van der Waals surface area contributed by atoms with Crippen molar-refractivity contribution < 1.29 is 8.42 Å². The normalized spacial score (nSPS) is 11.6. The minimum atomic E-state index is -3.41. The first-order valence-corrected chi connectivity index (χ1v) is 7.58. The van der Waals surface area contributed by atoms with E-state index in [0.717, 1.165) is 0 Å². The molecule has 0 saturated carbocycles. The van der Waals surface area contributed by atoms with Gasteiger partial charge in [-0.05, 0) is 24.3 Å². The number of nitrogen functional groups attached to an aromatic ring is 1. The van der Waals surface area contributed by atoms with Crippen molar-refractivity contribution >= 4 is 26.9 Å². The van der Waals surface area contributed by atoms with Crippen molar-refractivity contribution in [2.45, 2.75) is 17.2 Å². The van der Waals surface area contributed by atoms with Crippen molar-refractivity contribution in [1.29, 1.82) is 0 Å². The predicted octanol–water partition coefficient (Wildman–Crippen LogP) is 0.553. The molecule has 18 heavy (non-hydrogen) atoms. The molecule has 0 unspecified atom stereocenters. The molecule has 2 aromatic rings. The van der Waals surface area contributed by atoms with Crippen LogP contribution in [0.2, 0.25) is 0 Å². The summed E-state index contributed by atoms with van der Waals surface area (Å²) in [4.78, 5) is 0.223. The molecular formula is C10H12N4O2S2. The van der Waals surface area contributed by atoms with Crippen LogP contribution in [-0.2, 0) is 22.1 Å². The van der Waals surface area contributed by atoms with Crippen LogP contribution >= 0.6 is 11.3 Å². The molecule has 96 valence electrons. The first-order valence-electron chi connectivity index (χ1n) is 5.11. The Morgan fingerprint density at radius 3 is 2.28 bits per heavy atom. The molecular weight excluding hydrogens is 272 g/mol. The summed E-state index contributed by atoms with van der Waals surface area (Å²) in [6.45, 7) is 0.263. The minimum absolute atomic E-state index is 0.172. The average Bonchev–Trinajstić information content (AvgIpc) is 2.76. The molecule has 0 saturated heterocycles. The lowest BCUT2D eigenvalue weighted by atomic mass is 10.3. The molecule has 0 amide bonds. The van der Waals surface area contributed by atoms with E-state index in [9.17, 15) is 8.42 Å². The number of anilines is 1. The lowest BCUT2D eigenvalue weighted by Gasteiger charge is -2.02. The van der Waals surface area contributed by atoms with Crippen molar-refractivity contribution in [2.75, 3.05) is 5.73 Å². The molecule has 1 heterocycles. The van der Waals surface area contributed by atoms with E-state index in [-0.39, 0.29) is 17.2 Å². The van der Waals surface area contributed by atoms with E-state index in [1.807, 2.05) is 0 Å². The van der Waals surface area contributed by atoms with E-state index in [0.29, 0.717) is 15.7 Å². The molecule has 4 N–H and O–H groups in total. The molecule has 0 radical (unpaired) electrons. The van der Waals surface area contributed by atoms with Crippen LogP contribution in [0, 0.1) is 0 Å². The number of sulfone groups is 1. The number of benzene rings is 1. The minimum Gasteiger partial charge on any atom is -0.399 e. The highest BCUT2D eigenvalue weighted by molar-refractivity contribution is 7.90. The summed E-state index contributed by atoms with van der Waals surface area (Å²) in [5.41, 5.74) is 11.4. The van der Waals surface area contributed by atoms with Gasteiger partial charge in [0.05, 0.1) is 4.90 Å². The number of rotatable bonds is 4. The van der Waals surface area contributed by atoms with Gasteiger partial charge >= 0.3 is 0 Å². The van der Waals surface area contributed by atoms with Crippen molar-refractivity contribution in [2.24, 2.45) is 5.73 Å². The zero-order valence-electron chi connectivity index (χ0n) is 9.41. The topological polar surface area (TPSA) is 112 Å². The van der Waals surface area contributed by atoms with Crippen LogP contribution in [0.1, 0.15) is 10.0 Å². The quantitative estimate of drug-likeness (QED) is 0.793. The third-order valence-electron chi connectivity index (χ3n) is 2.24. The summed E-state index contributed by atoms with van der Waals surface area (Å²) >= 11 is 1.21. The Morgan fingerprint density at radius 1 is 1.11 bits per heavy atom. The molecule has 0 atom stereocenters. The van der Waals surface area contributed by atoms with Crippen molar-refractivity contribution in [3.63, 3.8) is 0 Å². The van der Waals surface area contributed by atoms with Gasteiger partial charge in [0.2, 0.25) is 0 Å². The van der Waals surface area contributed by atoms with E-state index in [1.165, 1.54) is 23.5 Å². The van der Waals surface area contributed by atoms with Crippen LogP contribution in [0.5, 0.6) is 0 Å². The Hall–Kier alpha value is -1.51. The number of hydrogen-bond acceptors (Lipinski definition) is 7. The SMILES string of the molecule is NCc1nnc(CS(=O)(=O)c2ccc(N)cc2)s1. The summed E-state index contributed by atoms with van der Waals surface area (Å²) < 4.78 is 24.2. The molecule has 0 aliphatic carbocycles. The molecule has 0 fully saturated rings. The van der Waals surface area contributed by atoms with Gasteiger partial charge in [0.15, 0.2) is 9.84 Å². The van der Waals surface area contributed by atoms with E-state index in [1.54, 1.807) is 12.1 Å². The Balaban J connectivity index is 2.24. The van der Waals surface area contributed by atoms with E-state index in [2.05, 4.69) is 10.2 Å². The zero-order valence-corrected chi connectivity index (χ0v) is 11.0. The fourth-order valence-electron chi connectivity index (χ4n) is 1.35. The smallest absolute Gasteiger partial charge is 0.184 e. The highest BCUT2D eigenvalue weighted by Gasteiger charge is 2.18. The van der Waals surface area contributed by atoms with Crippen molar-refractivity contribution in [3.8, 4) is 0 Å². The highest BCUT2D eigenvalue weighted by atomic mass is 32.2. The number of aromatic nitrogens is 2. The van der Waals surface area contributed by atoms with Crippen LogP contribution in [0.15, 0.2) is 29.2 Å². The third-order valence-corrected chi connectivity index (χ3v) is 5.01. The van der Waals surface area contributed by atoms with Gasteiger partial charge < -0.3 is 11.5 Å². The first kappa shape index (κ1) is 12.9. The van der Waals surface area contributed by atoms with Crippen LogP contribution in [0.25, 0.3) is 0 Å². The number of nitrogens with zero attached hydrogens (tertiary/aromatic N) is 2. The first-order chi connectivity index (χ1) is 8.51. The standard InChI is InChI=1S/C10H12N4O2S2/c11-5-9-13-14-10(17-9)6-18(15,16)8-3-1-7(12)2-4-8/h1-4H,5-6,11-12H2. The van der Waals surface area contributed by atoms with E-state index < -0.39 is 9.84 Å². The van der Waals surface area contributed by atoms with Gasteiger partial charge in [0.25, 0.3) is 0 Å². The van der Waals surface area contributed by atoms with Gasteiger partial charge in [0.1, 0.15) is 15.8 Å². The van der Waals surface area contributed by atoms with Crippen LogP contribution in [-0.4, -0.2) is 18.6 Å². The van der Waals surface area contributed by atoms with Crippen LogP contribution < -0.4 is 11.5 Å². The fraction of sp³-hybridized carbons (Fsp3) is 0.200. The van der Waals surface area contributed by atoms with Crippen molar-refractivity contribution in [1.82, 2.24) is 10.2 Å². The Morgan fingerprint density at radius 2 is 1.72 bits per heavy atom. The van der Waals surface area contributed by atoms with Crippen molar-refractivity contribution in [3.05, 3.63) is 34.3 Å². The molecule has 0 spiro atoms. The van der Waals surface area contributed by atoms with Gasteiger partial charge in [-0.25, -0.2) is 8.42 Å². The largest absolute Gasteiger partial charge is 0.399 e. The molecule has 1 aromatic heterocycles. The van der Waals surface area contributed by atoms with Gasteiger partial charge in [0, 0.05) is 12.2 Å². The summed E-state index contributed by atoms with van der Waals surface area (Å²) in [6.07, 6.45) is 0. The third kappa shape index (κ3) is 2.84. The monoisotopic (exact) mass is 284 g/mol. The predicted molar refractivity (Wildman–Crippen MR) is 69.5 cm³/mol. The summed E-state index contributed by atoms with van der Waals surface area (Å²) in [5, 5.41) is 8.65. The number of hydrogen-bond donors (Lipinski definition) is 2. The maximum absolute atomic E-state index is 12.1. The van der Waals surface area contributed by atoms with Crippen LogP contribution in [0.3, 0.4) is 0 Å². The fourth-order valence-corrected chi connectivity index (χ4v) is 3.67. The van der Waals surface area contributed by atoms with E-state index in [4.69, 9.17) is 11.5 Å². The Kier molecular flexibility index (Phi) is 3.60. The second kappa shape index (κ2) is 5.01. The second-order valence-corrected chi connectivity index (χ2v) is 6.76. The molecule has 8 heteroatoms. The second-order valence-electron chi connectivity index (χ2n) is 3.62. The van der Waals surface area contributed by atoms with Gasteiger partial charge in [-0.2, -0.15) is 0 Å². The molecule has 0 aliphatic heterocycles. The van der Waals surface area contributed by atoms with Gasteiger partial charge in [-0.3, -0.25) is 0 Å². The highest BCUT2D eigenvalue weighted by Crippen LogP contribution is 2.19. The van der Waals surface area contributed by atoms with Gasteiger partial charge in [-0.15, -0.1) is 10.2 Å². The molecule has 2 rings (SSSR count). The molecule has 0 aliphatic rings.